The largest absolute Gasteiger partial charge is 0.284 e. The summed E-state index contributed by atoms with van der Waals surface area (Å²) >= 11 is 1.37. The van der Waals surface area contributed by atoms with E-state index in [2.05, 4.69) is 4.98 Å². The second kappa shape index (κ2) is 5.81. The van der Waals surface area contributed by atoms with Gasteiger partial charge in [0, 0.05) is 18.2 Å². The number of halogens is 2. The molecule has 0 radical (unpaired) electrons. The molecule has 0 saturated heterocycles. The van der Waals surface area contributed by atoms with E-state index in [1.165, 1.54) is 16.2 Å². The Bertz CT molecular complexity index is 794. The molecule has 0 N–H and O–H groups in total. The SMILES string of the molecule is CCN(C(=O)c1cc(F)cc(F)c1)c1nc2ccccc2s1. The van der Waals surface area contributed by atoms with Gasteiger partial charge in [0.25, 0.3) is 5.91 Å². The normalized spacial score (nSPS) is 10.9. The molecule has 0 fully saturated rings. The molecule has 112 valence electrons. The van der Waals surface area contributed by atoms with Crippen molar-refractivity contribution in [2.45, 2.75) is 6.92 Å². The van der Waals surface area contributed by atoms with E-state index < -0.39 is 17.5 Å². The smallest absolute Gasteiger partial charge is 0.260 e. The van der Waals surface area contributed by atoms with E-state index >= 15 is 0 Å². The predicted octanol–water partition coefficient (Wildman–Crippen LogP) is 4.24. The van der Waals surface area contributed by atoms with Crippen LogP contribution in [0.1, 0.15) is 17.3 Å². The highest BCUT2D eigenvalue weighted by atomic mass is 32.1. The third kappa shape index (κ3) is 2.69. The minimum Gasteiger partial charge on any atom is -0.284 e. The highest BCUT2D eigenvalue weighted by Crippen LogP contribution is 2.29. The minimum absolute atomic E-state index is 0.0291. The fraction of sp³-hybridized carbons (Fsp3) is 0.125. The van der Waals surface area contributed by atoms with Crippen molar-refractivity contribution in [2.24, 2.45) is 0 Å². The number of nitrogens with zero attached hydrogens (tertiary/aromatic N) is 2. The zero-order chi connectivity index (χ0) is 15.7. The van der Waals surface area contributed by atoms with E-state index in [1.807, 2.05) is 24.3 Å². The van der Waals surface area contributed by atoms with Crippen LogP contribution in [-0.4, -0.2) is 17.4 Å². The van der Waals surface area contributed by atoms with Gasteiger partial charge in [-0.1, -0.05) is 23.5 Å². The maximum Gasteiger partial charge on any atom is 0.260 e. The zero-order valence-electron chi connectivity index (χ0n) is 11.7. The van der Waals surface area contributed by atoms with Crippen LogP contribution in [0.25, 0.3) is 10.2 Å². The molecule has 3 nitrogen and oxygen atoms in total. The van der Waals surface area contributed by atoms with Crippen molar-refractivity contribution in [1.29, 1.82) is 0 Å². The summed E-state index contributed by atoms with van der Waals surface area (Å²) in [6.07, 6.45) is 0. The number of thiazole rings is 1. The number of carbonyl (C=O) groups excluding carboxylic acids is 1. The van der Waals surface area contributed by atoms with Gasteiger partial charge < -0.3 is 0 Å². The number of anilines is 1. The van der Waals surface area contributed by atoms with Gasteiger partial charge in [0.15, 0.2) is 5.13 Å². The Morgan fingerprint density at radius 3 is 2.50 bits per heavy atom. The molecule has 1 aromatic heterocycles. The van der Waals surface area contributed by atoms with Crippen molar-refractivity contribution in [3.8, 4) is 0 Å². The van der Waals surface area contributed by atoms with E-state index in [4.69, 9.17) is 0 Å². The number of fused-ring (bicyclic) bond motifs is 1. The molecule has 0 spiro atoms. The third-order valence-corrected chi connectivity index (χ3v) is 4.24. The molecule has 0 aliphatic heterocycles. The van der Waals surface area contributed by atoms with Gasteiger partial charge in [-0.25, -0.2) is 13.8 Å². The van der Waals surface area contributed by atoms with Gasteiger partial charge in [-0.2, -0.15) is 0 Å². The average molecular weight is 318 g/mol. The topological polar surface area (TPSA) is 33.2 Å². The maximum atomic E-state index is 13.3. The van der Waals surface area contributed by atoms with Crippen LogP contribution in [0.2, 0.25) is 0 Å². The molecule has 0 aliphatic rings. The summed E-state index contributed by atoms with van der Waals surface area (Å²) < 4.78 is 27.6. The van der Waals surface area contributed by atoms with Gasteiger partial charge in [0.1, 0.15) is 11.6 Å². The monoisotopic (exact) mass is 318 g/mol. The van der Waals surface area contributed by atoms with Crippen LogP contribution in [0.5, 0.6) is 0 Å². The standard InChI is InChI=1S/C16H12F2N2OS/c1-2-20(15(21)10-7-11(17)9-12(18)8-10)16-19-13-5-3-4-6-14(13)22-16/h3-9H,2H2,1H3. The fourth-order valence-electron chi connectivity index (χ4n) is 2.17. The van der Waals surface area contributed by atoms with E-state index in [-0.39, 0.29) is 5.56 Å². The first-order valence-electron chi connectivity index (χ1n) is 6.72. The summed E-state index contributed by atoms with van der Waals surface area (Å²) in [4.78, 5) is 18.3. The molecule has 0 saturated carbocycles. The van der Waals surface area contributed by atoms with Crippen LogP contribution < -0.4 is 4.90 Å². The summed E-state index contributed by atoms with van der Waals surface area (Å²) in [6, 6.07) is 10.3. The van der Waals surface area contributed by atoms with Crippen molar-refractivity contribution in [2.75, 3.05) is 11.4 Å². The fourth-order valence-corrected chi connectivity index (χ4v) is 3.20. The molecular formula is C16H12F2N2OS. The van der Waals surface area contributed by atoms with Crippen LogP contribution in [0.4, 0.5) is 13.9 Å². The highest BCUT2D eigenvalue weighted by Gasteiger charge is 2.20. The van der Waals surface area contributed by atoms with Gasteiger partial charge >= 0.3 is 0 Å². The summed E-state index contributed by atoms with van der Waals surface area (Å²) in [5.74, 6) is -2.02. The number of para-hydroxylation sites is 1. The first-order chi connectivity index (χ1) is 10.6. The van der Waals surface area contributed by atoms with Crippen LogP contribution in [0.15, 0.2) is 42.5 Å². The summed E-state index contributed by atoms with van der Waals surface area (Å²) in [7, 11) is 0. The number of aromatic nitrogens is 1. The highest BCUT2D eigenvalue weighted by molar-refractivity contribution is 7.22. The van der Waals surface area contributed by atoms with Crippen LogP contribution in [0, 0.1) is 11.6 Å². The molecule has 0 aliphatic carbocycles. The number of hydrogen-bond acceptors (Lipinski definition) is 3. The molecule has 3 aromatic rings. The summed E-state index contributed by atoms with van der Waals surface area (Å²) in [5, 5.41) is 0.512. The van der Waals surface area contributed by atoms with E-state index in [1.54, 1.807) is 6.92 Å². The summed E-state index contributed by atoms with van der Waals surface area (Å²) in [5.41, 5.74) is 0.762. The second-order valence-electron chi connectivity index (χ2n) is 4.67. The van der Waals surface area contributed by atoms with Gasteiger partial charge in [-0.05, 0) is 31.2 Å². The van der Waals surface area contributed by atoms with Crippen LogP contribution in [0.3, 0.4) is 0 Å². The Morgan fingerprint density at radius 1 is 1.18 bits per heavy atom. The van der Waals surface area contributed by atoms with E-state index in [9.17, 15) is 13.6 Å². The molecule has 0 bridgehead atoms. The van der Waals surface area contributed by atoms with Gasteiger partial charge in [0.05, 0.1) is 10.2 Å². The van der Waals surface area contributed by atoms with Crippen LogP contribution >= 0.6 is 11.3 Å². The lowest BCUT2D eigenvalue weighted by molar-refractivity contribution is 0.0987. The predicted molar refractivity (Wildman–Crippen MR) is 83.3 cm³/mol. The average Bonchev–Trinajstić information content (AvgIpc) is 2.90. The lowest BCUT2D eigenvalue weighted by Gasteiger charge is -2.17. The zero-order valence-corrected chi connectivity index (χ0v) is 12.5. The van der Waals surface area contributed by atoms with Crippen molar-refractivity contribution < 1.29 is 13.6 Å². The van der Waals surface area contributed by atoms with Crippen molar-refractivity contribution in [3.05, 3.63) is 59.7 Å². The van der Waals surface area contributed by atoms with Gasteiger partial charge in [-0.3, -0.25) is 9.69 Å². The third-order valence-electron chi connectivity index (χ3n) is 3.18. The number of benzene rings is 2. The first-order valence-corrected chi connectivity index (χ1v) is 7.53. The Morgan fingerprint density at radius 2 is 1.86 bits per heavy atom. The molecule has 1 amide bonds. The van der Waals surface area contributed by atoms with Crippen molar-refractivity contribution >= 4 is 32.6 Å². The van der Waals surface area contributed by atoms with E-state index in [0.717, 1.165) is 28.4 Å². The van der Waals surface area contributed by atoms with Crippen molar-refractivity contribution in [3.63, 3.8) is 0 Å². The Labute approximate surface area is 129 Å². The van der Waals surface area contributed by atoms with Crippen LogP contribution in [-0.2, 0) is 0 Å². The molecule has 0 unspecified atom stereocenters. The number of rotatable bonds is 3. The second-order valence-corrected chi connectivity index (χ2v) is 5.68. The molecule has 0 atom stereocenters. The lowest BCUT2D eigenvalue weighted by atomic mass is 10.2. The number of amides is 1. The molecule has 22 heavy (non-hydrogen) atoms. The van der Waals surface area contributed by atoms with Gasteiger partial charge in [-0.15, -0.1) is 0 Å². The van der Waals surface area contributed by atoms with E-state index in [0.29, 0.717) is 11.7 Å². The Balaban J connectivity index is 2.00. The van der Waals surface area contributed by atoms with Gasteiger partial charge in [0.2, 0.25) is 0 Å². The number of hydrogen-bond donors (Lipinski definition) is 0. The lowest BCUT2D eigenvalue weighted by Crippen LogP contribution is -2.30. The maximum absolute atomic E-state index is 13.3. The first kappa shape index (κ1) is 14.6. The van der Waals surface area contributed by atoms with Crippen molar-refractivity contribution in [1.82, 2.24) is 4.98 Å². The summed E-state index contributed by atoms with van der Waals surface area (Å²) in [6.45, 7) is 2.15. The molecule has 2 aromatic carbocycles. The molecular weight excluding hydrogens is 306 g/mol. The Kier molecular flexibility index (Phi) is 3.85. The minimum atomic E-state index is -0.774. The molecule has 3 rings (SSSR count). The molecule has 1 heterocycles. The quantitative estimate of drug-likeness (QED) is 0.723. The number of carbonyl (C=O) groups is 1. The Hall–Kier alpha value is -2.34. The molecule has 6 heteroatoms.